The first kappa shape index (κ1) is 14.4. The van der Waals surface area contributed by atoms with Gasteiger partial charge in [-0.15, -0.1) is 0 Å². The lowest BCUT2D eigenvalue weighted by Gasteiger charge is -2.35. The summed E-state index contributed by atoms with van der Waals surface area (Å²) in [7, 11) is 0. The number of anilines is 1. The molecule has 1 saturated carbocycles. The molecular formula is C17H27NO. The topological polar surface area (TPSA) is 21.3 Å². The maximum absolute atomic E-state index is 5.56. The van der Waals surface area contributed by atoms with Crippen molar-refractivity contribution in [1.29, 1.82) is 0 Å². The average Bonchev–Trinajstić information content (AvgIpc) is 2.43. The number of hydrogen-bond donors (Lipinski definition) is 1. The maximum Gasteiger partial charge on any atom is 0.0736 e. The summed E-state index contributed by atoms with van der Waals surface area (Å²) in [5.41, 5.74) is 2.52. The van der Waals surface area contributed by atoms with Crippen molar-refractivity contribution in [2.45, 2.75) is 52.7 Å². The zero-order chi connectivity index (χ0) is 13.7. The summed E-state index contributed by atoms with van der Waals surface area (Å²) in [5.74, 6) is 1.57. The molecule has 1 aliphatic carbocycles. The Bertz CT molecular complexity index is 391. The van der Waals surface area contributed by atoms with Gasteiger partial charge in [0, 0.05) is 23.9 Å². The van der Waals surface area contributed by atoms with Gasteiger partial charge < -0.3 is 10.1 Å². The first-order chi connectivity index (χ1) is 9.22. The zero-order valence-corrected chi connectivity index (χ0v) is 12.5. The van der Waals surface area contributed by atoms with Gasteiger partial charge in [-0.1, -0.05) is 44.9 Å². The molecule has 0 heterocycles. The van der Waals surface area contributed by atoms with Crippen LogP contribution in [0, 0.1) is 11.8 Å². The highest BCUT2D eigenvalue weighted by Gasteiger charge is 2.27. The number of rotatable bonds is 5. The van der Waals surface area contributed by atoms with E-state index in [0.29, 0.717) is 12.6 Å². The van der Waals surface area contributed by atoms with Crippen molar-refractivity contribution >= 4 is 5.69 Å². The monoisotopic (exact) mass is 261 g/mol. The minimum absolute atomic E-state index is 0.603. The van der Waals surface area contributed by atoms with Crippen molar-refractivity contribution in [3.63, 3.8) is 0 Å². The van der Waals surface area contributed by atoms with Gasteiger partial charge in [0.25, 0.3) is 0 Å². The van der Waals surface area contributed by atoms with E-state index in [4.69, 9.17) is 4.74 Å². The fourth-order valence-corrected chi connectivity index (χ4v) is 2.98. The maximum atomic E-state index is 5.56. The van der Waals surface area contributed by atoms with Gasteiger partial charge in [-0.3, -0.25) is 0 Å². The van der Waals surface area contributed by atoms with Gasteiger partial charge in [-0.25, -0.2) is 0 Å². The Morgan fingerprint density at radius 3 is 2.79 bits per heavy atom. The van der Waals surface area contributed by atoms with Gasteiger partial charge in [0.1, 0.15) is 0 Å². The van der Waals surface area contributed by atoms with Crippen molar-refractivity contribution < 1.29 is 4.74 Å². The molecule has 0 saturated heterocycles. The Kier molecular flexibility index (Phi) is 5.26. The zero-order valence-electron chi connectivity index (χ0n) is 12.5. The summed E-state index contributed by atoms with van der Waals surface area (Å²) < 4.78 is 5.56. The van der Waals surface area contributed by atoms with Crippen molar-refractivity contribution in [3.05, 3.63) is 29.8 Å². The van der Waals surface area contributed by atoms with Crippen LogP contribution in [0.5, 0.6) is 0 Å². The molecule has 0 bridgehead atoms. The molecule has 0 aromatic heterocycles. The van der Waals surface area contributed by atoms with E-state index in [0.717, 1.165) is 18.4 Å². The molecule has 1 aromatic carbocycles. The smallest absolute Gasteiger partial charge is 0.0736 e. The number of benzene rings is 1. The van der Waals surface area contributed by atoms with E-state index in [-0.39, 0.29) is 0 Å². The Morgan fingerprint density at radius 1 is 1.21 bits per heavy atom. The first-order valence-corrected chi connectivity index (χ1v) is 7.64. The highest BCUT2D eigenvalue weighted by Crippen LogP contribution is 2.32. The molecule has 3 unspecified atom stereocenters. The molecule has 2 nitrogen and oxygen atoms in total. The van der Waals surface area contributed by atoms with Crippen LogP contribution in [0.25, 0.3) is 0 Å². The molecule has 3 atom stereocenters. The Balaban J connectivity index is 2.05. The molecule has 0 spiro atoms. The molecule has 19 heavy (non-hydrogen) atoms. The molecule has 1 aliphatic rings. The Labute approximate surface area is 117 Å². The predicted molar refractivity (Wildman–Crippen MR) is 81.4 cm³/mol. The van der Waals surface area contributed by atoms with E-state index in [1.54, 1.807) is 0 Å². The second-order valence-electron chi connectivity index (χ2n) is 5.81. The van der Waals surface area contributed by atoms with Gasteiger partial charge >= 0.3 is 0 Å². The van der Waals surface area contributed by atoms with Crippen LogP contribution in [0.3, 0.4) is 0 Å². The molecule has 1 fully saturated rings. The number of nitrogens with one attached hydrogen (secondary N) is 1. The molecule has 106 valence electrons. The van der Waals surface area contributed by atoms with Crippen molar-refractivity contribution in [3.8, 4) is 0 Å². The minimum atomic E-state index is 0.603. The standard InChI is InChI=1S/C17H27NO/c1-4-19-12-15-9-5-6-10-17(15)18-16-11-7-8-13(2)14(16)3/h5-6,9-10,13-14,16,18H,4,7-8,11-12H2,1-3H3. The fraction of sp³-hybridized carbons (Fsp3) is 0.647. The van der Waals surface area contributed by atoms with Crippen LogP contribution >= 0.6 is 0 Å². The van der Waals surface area contributed by atoms with E-state index >= 15 is 0 Å². The molecule has 0 amide bonds. The van der Waals surface area contributed by atoms with Crippen LogP contribution in [0.2, 0.25) is 0 Å². The first-order valence-electron chi connectivity index (χ1n) is 7.64. The third-order valence-corrected chi connectivity index (χ3v) is 4.53. The van der Waals surface area contributed by atoms with Gasteiger partial charge in [-0.05, 0) is 31.2 Å². The third kappa shape index (κ3) is 3.73. The SMILES string of the molecule is CCOCc1ccccc1NC1CCCC(C)C1C. The van der Waals surface area contributed by atoms with Crippen LogP contribution in [0.15, 0.2) is 24.3 Å². The number of ether oxygens (including phenoxy) is 1. The second kappa shape index (κ2) is 6.95. The van der Waals surface area contributed by atoms with E-state index in [1.807, 2.05) is 6.92 Å². The molecule has 0 radical (unpaired) electrons. The van der Waals surface area contributed by atoms with Gasteiger partial charge in [0.15, 0.2) is 0 Å². The lowest BCUT2D eigenvalue weighted by Crippen LogP contribution is -2.35. The van der Waals surface area contributed by atoms with E-state index in [2.05, 4.69) is 43.4 Å². The van der Waals surface area contributed by atoms with Crippen molar-refractivity contribution in [2.24, 2.45) is 11.8 Å². The van der Waals surface area contributed by atoms with Crippen molar-refractivity contribution in [1.82, 2.24) is 0 Å². The molecule has 2 heteroatoms. The summed E-state index contributed by atoms with van der Waals surface area (Å²) in [6.07, 6.45) is 4.01. The fourth-order valence-electron chi connectivity index (χ4n) is 2.98. The van der Waals surface area contributed by atoms with Crippen LogP contribution in [-0.4, -0.2) is 12.6 Å². The predicted octanol–water partition coefficient (Wildman–Crippen LogP) is 4.46. The average molecular weight is 261 g/mol. The second-order valence-corrected chi connectivity index (χ2v) is 5.81. The Morgan fingerprint density at radius 2 is 2.00 bits per heavy atom. The van der Waals surface area contributed by atoms with Crippen LogP contribution < -0.4 is 5.32 Å². The normalized spacial score (nSPS) is 27.2. The summed E-state index contributed by atoms with van der Waals surface area (Å²) in [6.45, 7) is 8.28. The lowest BCUT2D eigenvalue weighted by atomic mass is 9.78. The number of hydrogen-bond acceptors (Lipinski definition) is 2. The molecule has 2 rings (SSSR count). The molecule has 1 N–H and O–H groups in total. The minimum Gasteiger partial charge on any atom is -0.382 e. The van der Waals surface area contributed by atoms with E-state index in [9.17, 15) is 0 Å². The van der Waals surface area contributed by atoms with Gasteiger partial charge in [0.05, 0.1) is 6.61 Å². The lowest BCUT2D eigenvalue weighted by molar-refractivity contribution is 0.134. The summed E-state index contributed by atoms with van der Waals surface area (Å²) >= 11 is 0. The summed E-state index contributed by atoms with van der Waals surface area (Å²) in [4.78, 5) is 0. The van der Waals surface area contributed by atoms with Crippen LogP contribution in [0.1, 0.15) is 45.6 Å². The van der Waals surface area contributed by atoms with Crippen LogP contribution in [0.4, 0.5) is 5.69 Å². The van der Waals surface area contributed by atoms with Gasteiger partial charge in [0.2, 0.25) is 0 Å². The molecule has 1 aromatic rings. The van der Waals surface area contributed by atoms with Crippen LogP contribution in [-0.2, 0) is 11.3 Å². The molecular weight excluding hydrogens is 234 g/mol. The highest BCUT2D eigenvalue weighted by atomic mass is 16.5. The van der Waals surface area contributed by atoms with E-state index < -0.39 is 0 Å². The summed E-state index contributed by atoms with van der Waals surface area (Å²) in [5, 5.41) is 3.76. The highest BCUT2D eigenvalue weighted by molar-refractivity contribution is 5.51. The van der Waals surface area contributed by atoms with Crippen molar-refractivity contribution in [2.75, 3.05) is 11.9 Å². The Hall–Kier alpha value is -1.02. The molecule has 0 aliphatic heterocycles. The number of para-hydroxylation sites is 1. The van der Waals surface area contributed by atoms with Gasteiger partial charge in [-0.2, -0.15) is 0 Å². The quantitative estimate of drug-likeness (QED) is 0.845. The van der Waals surface area contributed by atoms with E-state index in [1.165, 1.54) is 30.5 Å². The third-order valence-electron chi connectivity index (χ3n) is 4.53. The summed E-state index contributed by atoms with van der Waals surface area (Å²) in [6, 6.07) is 9.14. The largest absolute Gasteiger partial charge is 0.382 e.